The number of carbonyl (C=O) groups is 1. The molecule has 0 saturated heterocycles. The van der Waals surface area contributed by atoms with Crippen molar-refractivity contribution in [3.05, 3.63) is 82.4 Å². The third kappa shape index (κ3) is 4.14. The molecule has 0 spiro atoms. The number of esters is 1. The molecule has 1 heterocycles. The highest BCUT2D eigenvalue weighted by molar-refractivity contribution is 5.77. The predicted molar refractivity (Wildman–Crippen MR) is 126 cm³/mol. The minimum absolute atomic E-state index is 0.0204. The Labute approximate surface area is 194 Å². The fourth-order valence-electron chi connectivity index (χ4n) is 4.36. The van der Waals surface area contributed by atoms with E-state index >= 15 is 0 Å². The van der Waals surface area contributed by atoms with E-state index in [0.717, 1.165) is 22.3 Å². The van der Waals surface area contributed by atoms with Crippen LogP contribution in [0.15, 0.2) is 54.6 Å². The number of fused-ring (bicyclic) bond motifs is 2. The monoisotopic (exact) mass is 447 g/mol. The number of nitrogens with two attached hydrogens (primary N) is 1. The molecule has 3 aromatic carbocycles. The summed E-state index contributed by atoms with van der Waals surface area (Å²) in [6, 6.07) is 17.4. The predicted octanol–water partition coefficient (Wildman–Crippen LogP) is 4.88. The van der Waals surface area contributed by atoms with Gasteiger partial charge in [-0.25, -0.2) is 0 Å². The normalized spacial score (nSPS) is 13.4. The number of carbonyl (C=O) groups excluding carboxylic acids is 1. The van der Waals surface area contributed by atoms with E-state index in [2.05, 4.69) is 13.8 Å². The summed E-state index contributed by atoms with van der Waals surface area (Å²) in [5, 5.41) is 0. The average Bonchev–Trinajstić information content (AvgIpc) is 2.83. The molecule has 0 unspecified atom stereocenters. The van der Waals surface area contributed by atoms with Crippen molar-refractivity contribution >= 4 is 5.97 Å². The molecule has 3 aromatic rings. The molecular weight excluding hydrogens is 418 g/mol. The summed E-state index contributed by atoms with van der Waals surface area (Å²) in [6.45, 7) is 4.73. The Morgan fingerprint density at radius 3 is 2.03 bits per heavy atom. The first-order valence-electron chi connectivity index (χ1n) is 10.9. The SMILES string of the molecule is COc1ccc2c(c1CN)Oc1c(ccc(OC)c1CC(=O)OCc1ccccc1)C2(C)C. The molecule has 6 nitrogen and oxygen atoms in total. The summed E-state index contributed by atoms with van der Waals surface area (Å²) in [5.74, 6) is 2.15. The van der Waals surface area contributed by atoms with Gasteiger partial charge in [0, 0.05) is 28.7 Å². The number of hydrogen-bond acceptors (Lipinski definition) is 6. The van der Waals surface area contributed by atoms with Crippen LogP contribution in [0, 0.1) is 0 Å². The van der Waals surface area contributed by atoms with E-state index in [9.17, 15) is 4.79 Å². The topological polar surface area (TPSA) is 80.0 Å². The van der Waals surface area contributed by atoms with Gasteiger partial charge in [-0.2, -0.15) is 0 Å². The smallest absolute Gasteiger partial charge is 0.310 e. The van der Waals surface area contributed by atoms with Crippen LogP contribution in [-0.4, -0.2) is 20.2 Å². The molecular formula is C27H29NO5. The molecule has 0 aromatic heterocycles. The molecule has 1 aliphatic heterocycles. The highest BCUT2D eigenvalue weighted by Crippen LogP contribution is 2.53. The van der Waals surface area contributed by atoms with E-state index < -0.39 is 0 Å². The minimum Gasteiger partial charge on any atom is -0.496 e. The second kappa shape index (κ2) is 9.16. The van der Waals surface area contributed by atoms with Crippen molar-refractivity contribution in [1.29, 1.82) is 0 Å². The second-order valence-electron chi connectivity index (χ2n) is 8.50. The Kier molecular flexibility index (Phi) is 6.29. The van der Waals surface area contributed by atoms with Gasteiger partial charge in [-0.3, -0.25) is 4.79 Å². The fourth-order valence-corrected chi connectivity index (χ4v) is 4.36. The maximum atomic E-state index is 12.8. The lowest BCUT2D eigenvalue weighted by Gasteiger charge is -2.37. The van der Waals surface area contributed by atoms with Gasteiger partial charge in [-0.15, -0.1) is 0 Å². The molecule has 2 N–H and O–H groups in total. The first-order chi connectivity index (χ1) is 15.9. The van der Waals surface area contributed by atoms with Crippen LogP contribution < -0.4 is 19.9 Å². The zero-order valence-electron chi connectivity index (χ0n) is 19.4. The van der Waals surface area contributed by atoms with E-state index in [1.54, 1.807) is 14.2 Å². The molecule has 0 aliphatic carbocycles. The highest BCUT2D eigenvalue weighted by Gasteiger charge is 2.38. The lowest BCUT2D eigenvalue weighted by Crippen LogP contribution is -2.26. The third-order valence-electron chi connectivity index (χ3n) is 6.19. The zero-order chi connectivity index (χ0) is 23.6. The van der Waals surface area contributed by atoms with Crippen molar-refractivity contribution in [1.82, 2.24) is 0 Å². The standard InChI is InChI=1S/C27H29NO5/c1-27(2)20-10-12-22(30-3)18(14-24(29)32-16-17-8-6-5-7-9-17)25(20)33-26-19(15-28)23(31-4)13-11-21(26)27/h5-13H,14-16,28H2,1-4H3. The van der Waals surface area contributed by atoms with Crippen molar-refractivity contribution in [2.75, 3.05) is 14.2 Å². The van der Waals surface area contributed by atoms with Crippen molar-refractivity contribution in [2.24, 2.45) is 5.73 Å². The summed E-state index contributed by atoms with van der Waals surface area (Å²) < 4.78 is 23.1. The Morgan fingerprint density at radius 1 is 0.879 bits per heavy atom. The van der Waals surface area contributed by atoms with Crippen LogP contribution in [0.2, 0.25) is 0 Å². The van der Waals surface area contributed by atoms with Gasteiger partial charge in [0.1, 0.15) is 29.6 Å². The highest BCUT2D eigenvalue weighted by atomic mass is 16.5. The van der Waals surface area contributed by atoms with E-state index in [0.29, 0.717) is 28.6 Å². The first-order valence-corrected chi connectivity index (χ1v) is 10.9. The van der Waals surface area contributed by atoms with Crippen molar-refractivity contribution in [3.8, 4) is 23.0 Å². The van der Waals surface area contributed by atoms with Crippen LogP contribution in [0.3, 0.4) is 0 Å². The van der Waals surface area contributed by atoms with Gasteiger partial charge in [0.25, 0.3) is 0 Å². The summed E-state index contributed by atoms with van der Waals surface area (Å²) in [5.41, 5.74) is 10.0. The van der Waals surface area contributed by atoms with Crippen LogP contribution >= 0.6 is 0 Å². The van der Waals surface area contributed by atoms with Gasteiger partial charge in [-0.05, 0) is 17.7 Å². The minimum atomic E-state index is -0.381. The third-order valence-corrected chi connectivity index (χ3v) is 6.19. The van der Waals surface area contributed by atoms with Gasteiger partial charge in [0.05, 0.1) is 26.2 Å². The maximum absolute atomic E-state index is 12.8. The van der Waals surface area contributed by atoms with Crippen LogP contribution in [0.4, 0.5) is 0 Å². The van der Waals surface area contributed by atoms with E-state index in [1.165, 1.54) is 0 Å². The summed E-state index contributed by atoms with van der Waals surface area (Å²) in [4.78, 5) is 12.8. The van der Waals surface area contributed by atoms with Crippen LogP contribution in [0.5, 0.6) is 23.0 Å². The van der Waals surface area contributed by atoms with Gasteiger partial charge in [0.15, 0.2) is 0 Å². The molecule has 1 aliphatic rings. The largest absolute Gasteiger partial charge is 0.496 e. The van der Waals surface area contributed by atoms with E-state index in [4.69, 9.17) is 24.7 Å². The maximum Gasteiger partial charge on any atom is 0.310 e. The van der Waals surface area contributed by atoms with Crippen LogP contribution in [-0.2, 0) is 34.5 Å². The van der Waals surface area contributed by atoms with Gasteiger partial charge in [0.2, 0.25) is 0 Å². The number of ether oxygens (including phenoxy) is 4. The first kappa shape index (κ1) is 22.7. The van der Waals surface area contributed by atoms with Crippen molar-refractivity contribution < 1.29 is 23.7 Å². The Bertz CT molecular complexity index is 1170. The quantitative estimate of drug-likeness (QED) is 0.520. The average molecular weight is 448 g/mol. The lowest BCUT2D eigenvalue weighted by molar-refractivity contribution is -0.144. The van der Waals surface area contributed by atoms with E-state index in [1.807, 2.05) is 54.6 Å². The Balaban J connectivity index is 1.73. The summed E-state index contributed by atoms with van der Waals surface area (Å²) >= 11 is 0. The molecule has 0 bridgehead atoms. The van der Waals surface area contributed by atoms with Gasteiger partial charge in [-0.1, -0.05) is 56.3 Å². The Hall–Kier alpha value is -3.51. The molecule has 0 saturated carbocycles. The van der Waals surface area contributed by atoms with Crippen LogP contribution in [0.25, 0.3) is 0 Å². The number of benzene rings is 3. The molecule has 6 heteroatoms. The summed E-state index contributed by atoms with van der Waals surface area (Å²) in [6.07, 6.45) is 0.0204. The molecule has 33 heavy (non-hydrogen) atoms. The van der Waals surface area contributed by atoms with Crippen LogP contribution in [0.1, 0.15) is 41.7 Å². The molecule has 4 rings (SSSR count). The van der Waals surface area contributed by atoms with Crippen molar-refractivity contribution in [3.63, 3.8) is 0 Å². The molecule has 172 valence electrons. The summed E-state index contributed by atoms with van der Waals surface area (Å²) in [7, 11) is 3.19. The fraction of sp³-hybridized carbons (Fsp3) is 0.296. The number of hydrogen-bond donors (Lipinski definition) is 1. The second-order valence-corrected chi connectivity index (χ2v) is 8.50. The van der Waals surface area contributed by atoms with Crippen molar-refractivity contribution in [2.45, 2.75) is 38.8 Å². The molecule has 0 atom stereocenters. The lowest BCUT2D eigenvalue weighted by atomic mass is 9.74. The zero-order valence-corrected chi connectivity index (χ0v) is 19.4. The molecule has 0 radical (unpaired) electrons. The number of methoxy groups -OCH3 is 2. The van der Waals surface area contributed by atoms with E-state index in [-0.39, 0.29) is 31.0 Å². The molecule has 0 amide bonds. The number of rotatable bonds is 7. The molecule has 0 fully saturated rings. The Morgan fingerprint density at radius 2 is 1.45 bits per heavy atom. The van der Waals surface area contributed by atoms with Gasteiger partial charge < -0.3 is 24.7 Å². The van der Waals surface area contributed by atoms with Gasteiger partial charge >= 0.3 is 5.97 Å².